The van der Waals surface area contributed by atoms with Crippen molar-refractivity contribution in [3.8, 4) is 0 Å². The molecule has 0 bridgehead atoms. The van der Waals surface area contributed by atoms with Crippen LogP contribution in [0.5, 0.6) is 0 Å². The second-order valence-electron chi connectivity index (χ2n) is 4.25. The minimum Gasteiger partial charge on any atom is -0.429 e. The number of hydrogen-bond acceptors (Lipinski definition) is 3. The van der Waals surface area contributed by atoms with Gasteiger partial charge in [0.1, 0.15) is 0 Å². The van der Waals surface area contributed by atoms with Crippen molar-refractivity contribution in [2.24, 2.45) is 0 Å². The number of pyridine rings is 1. The molecule has 1 radical (unpaired) electrons. The average Bonchev–Trinajstić information content (AvgIpc) is 2.60. The minimum absolute atomic E-state index is 0. The fourth-order valence-electron chi connectivity index (χ4n) is 1.69. The molecule has 111 valence electrons. The van der Waals surface area contributed by atoms with Gasteiger partial charge in [0.2, 0.25) is 0 Å². The molecule has 0 aliphatic carbocycles. The first kappa shape index (κ1) is 17.6. The molecule has 4 heteroatoms. The van der Waals surface area contributed by atoms with E-state index in [4.69, 9.17) is 10.0 Å². The third-order valence-electron chi connectivity index (χ3n) is 2.62. The van der Waals surface area contributed by atoms with Crippen molar-refractivity contribution in [1.82, 2.24) is 4.98 Å². The fourth-order valence-corrected chi connectivity index (χ4v) is 1.69. The second kappa shape index (κ2) is 12.3. The predicted molar refractivity (Wildman–Crippen MR) is 90.1 cm³/mol. The van der Waals surface area contributed by atoms with Gasteiger partial charge < -0.3 is 10.0 Å². The van der Waals surface area contributed by atoms with Gasteiger partial charge in [0.05, 0.1) is 0 Å². The number of nitrogens with zero attached hydrogens (tertiary/aromatic N) is 1. The molecule has 3 aromatic rings. The van der Waals surface area contributed by atoms with E-state index in [1.165, 1.54) is 5.56 Å². The van der Waals surface area contributed by atoms with Crippen molar-refractivity contribution in [1.29, 1.82) is 0 Å². The Hall–Kier alpha value is -2.43. The van der Waals surface area contributed by atoms with Gasteiger partial charge in [-0.05, 0) is 17.7 Å². The van der Waals surface area contributed by atoms with Gasteiger partial charge >= 0.3 is 7.69 Å². The van der Waals surface area contributed by atoms with Crippen LogP contribution < -0.4 is 0 Å². The SMILES string of the molecule is O[B]O.c1ccc(Cc2ccccn2)cc1.c1ccccc1. The Bertz CT molecular complexity index is 513. The van der Waals surface area contributed by atoms with Gasteiger partial charge in [-0.2, -0.15) is 0 Å². The molecule has 22 heavy (non-hydrogen) atoms. The Morgan fingerprint density at radius 1 is 0.682 bits per heavy atom. The van der Waals surface area contributed by atoms with Crippen LogP contribution in [-0.2, 0) is 6.42 Å². The molecule has 0 unspecified atom stereocenters. The third-order valence-corrected chi connectivity index (χ3v) is 2.62. The lowest BCUT2D eigenvalue weighted by atomic mass is 10.1. The molecule has 1 aromatic heterocycles. The Morgan fingerprint density at radius 2 is 1.14 bits per heavy atom. The average molecular weight is 292 g/mol. The van der Waals surface area contributed by atoms with Gasteiger partial charge in [-0.25, -0.2) is 0 Å². The van der Waals surface area contributed by atoms with Crippen LogP contribution in [0.1, 0.15) is 11.3 Å². The monoisotopic (exact) mass is 292 g/mol. The molecule has 3 rings (SSSR count). The summed E-state index contributed by atoms with van der Waals surface area (Å²) in [4.78, 5) is 4.27. The molecule has 0 amide bonds. The summed E-state index contributed by atoms with van der Waals surface area (Å²) in [6, 6.07) is 28.4. The van der Waals surface area contributed by atoms with Crippen LogP contribution in [0.25, 0.3) is 0 Å². The van der Waals surface area contributed by atoms with Gasteiger partial charge in [-0.15, -0.1) is 0 Å². The van der Waals surface area contributed by atoms with E-state index in [1.54, 1.807) is 0 Å². The van der Waals surface area contributed by atoms with Crippen LogP contribution in [0.2, 0.25) is 0 Å². The van der Waals surface area contributed by atoms with Gasteiger partial charge in [0.25, 0.3) is 0 Å². The molecule has 1 heterocycles. The normalized spacial score (nSPS) is 8.64. The molecule has 0 spiro atoms. The van der Waals surface area contributed by atoms with Gasteiger partial charge in [0.15, 0.2) is 0 Å². The topological polar surface area (TPSA) is 53.4 Å². The van der Waals surface area contributed by atoms with E-state index < -0.39 is 0 Å². The van der Waals surface area contributed by atoms with Crippen molar-refractivity contribution in [2.45, 2.75) is 6.42 Å². The van der Waals surface area contributed by atoms with Crippen molar-refractivity contribution in [3.63, 3.8) is 0 Å². The summed E-state index contributed by atoms with van der Waals surface area (Å²) in [6.45, 7) is 0. The predicted octanol–water partition coefficient (Wildman–Crippen LogP) is 2.86. The summed E-state index contributed by atoms with van der Waals surface area (Å²) < 4.78 is 0. The highest BCUT2D eigenvalue weighted by atomic mass is 16.4. The van der Waals surface area contributed by atoms with Crippen LogP contribution in [0, 0.1) is 0 Å². The molecule has 0 saturated heterocycles. The zero-order valence-corrected chi connectivity index (χ0v) is 12.3. The second-order valence-corrected chi connectivity index (χ2v) is 4.25. The molecule has 2 N–H and O–H groups in total. The molecule has 0 atom stereocenters. The van der Waals surface area contributed by atoms with E-state index >= 15 is 0 Å². The molecular weight excluding hydrogens is 273 g/mol. The first-order valence-corrected chi connectivity index (χ1v) is 6.90. The zero-order valence-electron chi connectivity index (χ0n) is 12.3. The van der Waals surface area contributed by atoms with E-state index in [9.17, 15) is 0 Å². The summed E-state index contributed by atoms with van der Waals surface area (Å²) in [5.74, 6) is 0. The molecule has 0 aliphatic heterocycles. The van der Waals surface area contributed by atoms with Gasteiger partial charge in [-0.3, -0.25) is 4.98 Å². The fraction of sp³-hybridized carbons (Fsp3) is 0.0556. The lowest BCUT2D eigenvalue weighted by Gasteiger charge is -1.99. The van der Waals surface area contributed by atoms with Crippen LogP contribution in [-0.4, -0.2) is 22.7 Å². The molecule has 2 aromatic carbocycles. The molecule has 0 aliphatic rings. The summed E-state index contributed by atoms with van der Waals surface area (Å²) in [5, 5.41) is 14.0. The maximum atomic E-state index is 7.00. The van der Waals surface area contributed by atoms with Gasteiger partial charge in [0, 0.05) is 18.3 Å². The maximum absolute atomic E-state index is 7.00. The number of benzene rings is 2. The van der Waals surface area contributed by atoms with E-state index in [0.717, 1.165) is 12.1 Å². The molecule has 0 saturated carbocycles. The number of aromatic nitrogens is 1. The van der Waals surface area contributed by atoms with Crippen molar-refractivity contribution in [3.05, 3.63) is 102 Å². The van der Waals surface area contributed by atoms with E-state index in [1.807, 2.05) is 66.9 Å². The highest BCUT2D eigenvalue weighted by Crippen LogP contribution is 2.05. The minimum atomic E-state index is 0. The van der Waals surface area contributed by atoms with E-state index in [2.05, 4.69) is 29.2 Å². The highest BCUT2D eigenvalue weighted by Gasteiger charge is 1.94. The van der Waals surface area contributed by atoms with Crippen LogP contribution in [0.15, 0.2) is 91.1 Å². The maximum Gasteiger partial charge on any atom is 0.482 e. The first-order valence-electron chi connectivity index (χ1n) is 6.90. The number of hydrogen-bond donors (Lipinski definition) is 2. The Balaban J connectivity index is 0.000000224. The Morgan fingerprint density at radius 3 is 1.59 bits per heavy atom. The Kier molecular flexibility index (Phi) is 9.88. The van der Waals surface area contributed by atoms with Crippen molar-refractivity contribution in [2.75, 3.05) is 0 Å². The van der Waals surface area contributed by atoms with Crippen molar-refractivity contribution >= 4 is 7.69 Å². The number of rotatable bonds is 2. The molecular formula is C18H19BNO2. The zero-order chi connectivity index (χ0) is 15.9. The standard InChI is InChI=1S/C12H11N.C6H6.BH2O2/c1-2-6-11(7-3-1)10-12-8-4-5-9-13-12;1-2-4-6-5-3-1;2-1-3/h1-9H,10H2;1-6H;2-3H. The quantitative estimate of drug-likeness (QED) is 0.714. The van der Waals surface area contributed by atoms with Crippen LogP contribution >= 0.6 is 0 Å². The Labute approximate surface area is 132 Å². The highest BCUT2D eigenvalue weighted by molar-refractivity contribution is 6.13. The van der Waals surface area contributed by atoms with E-state index in [-0.39, 0.29) is 7.69 Å². The van der Waals surface area contributed by atoms with Crippen LogP contribution in [0.4, 0.5) is 0 Å². The lowest BCUT2D eigenvalue weighted by Crippen LogP contribution is -1.89. The third kappa shape index (κ3) is 8.69. The largest absolute Gasteiger partial charge is 0.482 e. The molecule has 0 fully saturated rings. The van der Waals surface area contributed by atoms with E-state index in [0.29, 0.717) is 0 Å². The van der Waals surface area contributed by atoms with Crippen molar-refractivity contribution < 1.29 is 10.0 Å². The molecule has 3 nitrogen and oxygen atoms in total. The summed E-state index contributed by atoms with van der Waals surface area (Å²) >= 11 is 0. The summed E-state index contributed by atoms with van der Waals surface area (Å²) in [7, 11) is 0. The van der Waals surface area contributed by atoms with Crippen LogP contribution in [0.3, 0.4) is 0 Å². The smallest absolute Gasteiger partial charge is 0.429 e. The first-order chi connectivity index (χ1) is 10.9. The van der Waals surface area contributed by atoms with Gasteiger partial charge in [-0.1, -0.05) is 72.8 Å². The lowest BCUT2D eigenvalue weighted by molar-refractivity contribution is 0.448. The summed E-state index contributed by atoms with van der Waals surface area (Å²) in [5.41, 5.74) is 2.43. The summed E-state index contributed by atoms with van der Waals surface area (Å²) in [6.07, 6.45) is 2.75.